The third kappa shape index (κ3) is 3.94. The number of hydrogen-bond donors (Lipinski definition) is 2. The van der Waals surface area contributed by atoms with E-state index in [1.54, 1.807) is 17.1 Å². The van der Waals surface area contributed by atoms with Crippen LogP contribution in [0.15, 0.2) is 55.0 Å². The molecular formula is C20H21ClN6O. The number of urea groups is 1. The van der Waals surface area contributed by atoms with Gasteiger partial charge in [0.2, 0.25) is 0 Å². The van der Waals surface area contributed by atoms with Crippen LogP contribution < -0.4 is 15.5 Å². The number of aromatic nitrogens is 3. The van der Waals surface area contributed by atoms with Gasteiger partial charge in [-0.3, -0.25) is 0 Å². The van der Waals surface area contributed by atoms with Crippen LogP contribution in [0.2, 0.25) is 5.02 Å². The van der Waals surface area contributed by atoms with Crippen LogP contribution in [0.1, 0.15) is 12.0 Å². The normalized spacial score (nSPS) is 16.2. The van der Waals surface area contributed by atoms with Crippen molar-refractivity contribution in [1.82, 2.24) is 20.1 Å². The van der Waals surface area contributed by atoms with E-state index >= 15 is 0 Å². The third-order valence-electron chi connectivity index (χ3n) is 4.79. The third-order valence-corrected chi connectivity index (χ3v) is 5.08. The molecule has 0 spiro atoms. The van der Waals surface area contributed by atoms with Crippen molar-refractivity contribution in [3.8, 4) is 5.69 Å². The number of amides is 2. The number of halogens is 1. The van der Waals surface area contributed by atoms with Crippen molar-refractivity contribution in [3.05, 3.63) is 65.6 Å². The van der Waals surface area contributed by atoms with Crippen molar-refractivity contribution in [2.24, 2.45) is 0 Å². The fraction of sp³-hybridized carbons (Fsp3) is 0.250. The quantitative estimate of drug-likeness (QED) is 0.706. The molecule has 0 saturated carbocycles. The van der Waals surface area contributed by atoms with Gasteiger partial charge < -0.3 is 15.5 Å². The van der Waals surface area contributed by atoms with Crippen LogP contribution in [0, 0.1) is 6.92 Å². The average Bonchev–Trinajstić information content (AvgIpc) is 3.36. The highest BCUT2D eigenvalue weighted by atomic mass is 35.5. The van der Waals surface area contributed by atoms with Crippen LogP contribution in [0.3, 0.4) is 0 Å². The molecule has 0 radical (unpaired) electrons. The minimum absolute atomic E-state index is 0.0433. The Morgan fingerprint density at radius 3 is 2.89 bits per heavy atom. The first-order chi connectivity index (χ1) is 13.6. The molecule has 1 atom stereocenters. The molecule has 1 aliphatic rings. The first kappa shape index (κ1) is 18.3. The van der Waals surface area contributed by atoms with E-state index in [4.69, 9.17) is 11.6 Å². The molecule has 0 unspecified atom stereocenters. The Balaban J connectivity index is 1.35. The van der Waals surface area contributed by atoms with Gasteiger partial charge in [-0.25, -0.2) is 14.5 Å². The van der Waals surface area contributed by atoms with Gasteiger partial charge in [0.25, 0.3) is 0 Å². The summed E-state index contributed by atoms with van der Waals surface area (Å²) < 4.78 is 1.78. The average molecular weight is 397 g/mol. The summed E-state index contributed by atoms with van der Waals surface area (Å²) in [4.78, 5) is 18.9. The standard InChI is InChI=1S/C20H21ClN6O/c1-14-12-16(27-10-3-9-23-27)5-6-18(14)25-20(28)24-15-7-11-26(13-15)19-17(21)4-2-8-22-19/h2-6,8-10,12,15H,7,11,13H2,1H3,(H2,24,25,28)/t15-/m0/s1. The van der Waals surface area contributed by atoms with Gasteiger partial charge in [0.15, 0.2) is 0 Å². The molecule has 2 amide bonds. The Kier molecular flexibility index (Phi) is 5.16. The van der Waals surface area contributed by atoms with Gasteiger partial charge in [-0.1, -0.05) is 11.6 Å². The zero-order chi connectivity index (χ0) is 19.5. The number of carbonyl (C=O) groups excluding carboxylic acids is 1. The van der Waals surface area contributed by atoms with E-state index in [9.17, 15) is 4.79 Å². The predicted molar refractivity (Wildman–Crippen MR) is 110 cm³/mol. The molecule has 0 bridgehead atoms. The summed E-state index contributed by atoms with van der Waals surface area (Å²) in [7, 11) is 0. The molecular weight excluding hydrogens is 376 g/mol. The van der Waals surface area contributed by atoms with E-state index in [-0.39, 0.29) is 12.1 Å². The number of anilines is 2. The molecule has 0 aliphatic carbocycles. The smallest absolute Gasteiger partial charge is 0.319 e. The van der Waals surface area contributed by atoms with Crippen molar-refractivity contribution < 1.29 is 4.79 Å². The highest BCUT2D eigenvalue weighted by Crippen LogP contribution is 2.26. The molecule has 2 aromatic heterocycles. The number of nitrogens with one attached hydrogen (secondary N) is 2. The number of benzene rings is 1. The summed E-state index contributed by atoms with van der Waals surface area (Å²) >= 11 is 6.22. The largest absolute Gasteiger partial charge is 0.353 e. The lowest BCUT2D eigenvalue weighted by atomic mass is 10.2. The zero-order valence-electron chi connectivity index (χ0n) is 15.5. The molecule has 8 heteroatoms. The van der Waals surface area contributed by atoms with Gasteiger partial charge in [0.1, 0.15) is 5.82 Å². The number of aryl methyl sites for hydroxylation is 1. The second-order valence-electron chi connectivity index (χ2n) is 6.79. The van der Waals surface area contributed by atoms with Gasteiger partial charge in [-0.05, 0) is 55.3 Å². The molecule has 144 valence electrons. The van der Waals surface area contributed by atoms with E-state index in [0.29, 0.717) is 11.6 Å². The number of hydrogen-bond acceptors (Lipinski definition) is 4. The summed E-state index contributed by atoms with van der Waals surface area (Å²) in [5.74, 6) is 0.763. The molecule has 1 saturated heterocycles. The maximum Gasteiger partial charge on any atom is 0.319 e. The Morgan fingerprint density at radius 1 is 1.25 bits per heavy atom. The summed E-state index contributed by atoms with van der Waals surface area (Å²) in [6, 6.07) is 11.1. The minimum Gasteiger partial charge on any atom is -0.353 e. The molecule has 28 heavy (non-hydrogen) atoms. The molecule has 3 aromatic rings. The summed E-state index contributed by atoms with van der Waals surface area (Å²) in [6.45, 7) is 3.45. The molecule has 7 nitrogen and oxygen atoms in total. The van der Waals surface area contributed by atoms with Crippen LogP contribution in [-0.2, 0) is 0 Å². The number of rotatable bonds is 4. The highest BCUT2D eigenvalue weighted by Gasteiger charge is 2.26. The Bertz CT molecular complexity index is 975. The van der Waals surface area contributed by atoms with Gasteiger partial charge in [0.05, 0.1) is 10.7 Å². The zero-order valence-corrected chi connectivity index (χ0v) is 16.2. The van der Waals surface area contributed by atoms with E-state index in [1.165, 1.54) is 0 Å². The Labute approximate surface area is 168 Å². The van der Waals surface area contributed by atoms with E-state index in [0.717, 1.165) is 35.7 Å². The lowest BCUT2D eigenvalue weighted by molar-refractivity contribution is 0.249. The highest BCUT2D eigenvalue weighted by molar-refractivity contribution is 6.32. The SMILES string of the molecule is Cc1cc(-n2cccn2)ccc1NC(=O)N[C@H]1CCN(c2ncccc2Cl)C1. The predicted octanol–water partition coefficient (Wildman–Crippen LogP) is 3.63. The molecule has 1 aliphatic heterocycles. The monoisotopic (exact) mass is 396 g/mol. The van der Waals surface area contributed by atoms with E-state index in [1.807, 2.05) is 49.5 Å². The van der Waals surface area contributed by atoms with Crippen molar-refractivity contribution in [2.75, 3.05) is 23.3 Å². The van der Waals surface area contributed by atoms with Gasteiger partial charge >= 0.3 is 6.03 Å². The second-order valence-corrected chi connectivity index (χ2v) is 7.20. The molecule has 3 heterocycles. The van der Waals surface area contributed by atoms with Crippen molar-refractivity contribution in [1.29, 1.82) is 0 Å². The van der Waals surface area contributed by atoms with Crippen molar-refractivity contribution >= 4 is 29.1 Å². The Morgan fingerprint density at radius 2 is 2.14 bits per heavy atom. The Hall–Kier alpha value is -3.06. The lowest BCUT2D eigenvalue weighted by Gasteiger charge is -2.19. The van der Waals surface area contributed by atoms with Crippen LogP contribution in [-0.4, -0.2) is 39.9 Å². The molecule has 1 fully saturated rings. The summed E-state index contributed by atoms with van der Waals surface area (Å²) in [6.07, 6.45) is 6.19. The maximum atomic E-state index is 12.4. The minimum atomic E-state index is -0.214. The number of nitrogens with zero attached hydrogens (tertiary/aromatic N) is 4. The fourth-order valence-electron chi connectivity index (χ4n) is 3.38. The first-order valence-electron chi connectivity index (χ1n) is 9.14. The maximum absolute atomic E-state index is 12.4. The van der Waals surface area contributed by atoms with Gasteiger partial charge in [0, 0.05) is 43.4 Å². The fourth-order valence-corrected chi connectivity index (χ4v) is 3.62. The molecule has 4 rings (SSSR count). The number of carbonyl (C=O) groups is 1. The summed E-state index contributed by atoms with van der Waals surface area (Å²) in [5, 5.41) is 10.8. The van der Waals surface area contributed by atoms with E-state index in [2.05, 4.69) is 25.6 Å². The molecule has 2 N–H and O–H groups in total. The number of pyridine rings is 1. The van der Waals surface area contributed by atoms with Crippen LogP contribution >= 0.6 is 11.6 Å². The first-order valence-corrected chi connectivity index (χ1v) is 9.51. The second kappa shape index (κ2) is 7.90. The van der Waals surface area contributed by atoms with Crippen molar-refractivity contribution in [3.63, 3.8) is 0 Å². The topological polar surface area (TPSA) is 75.1 Å². The van der Waals surface area contributed by atoms with E-state index < -0.39 is 0 Å². The van der Waals surface area contributed by atoms with Crippen LogP contribution in [0.4, 0.5) is 16.3 Å². The van der Waals surface area contributed by atoms with Gasteiger partial charge in [-0.15, -0.1) is 0 Å². The summed E-state index contributed by atoms with van der Waals surface area (Å²) in [5.41, 5.74) is 2.69. The molecule has 1 aromatic carbocycles. The van der Waals surface area contributed by atoms with Crippen LogP contribution in [0.5, 0.6) is 0 Å². The van der Waals surface area contributed by atoms with Crippen LogP contribution in [0.25, 0.3) is 5.69 Å². The van der Waals surface area contributed by atoms with Gasteiger partial charge in [-0.2, -0.15) is 5.10 Å². The lowest BCUT2D eigenvalue weighted by Crippen LogP contribution is -2.40. The van der Waals surface area contributed by atoms with Crippen molar-refractivity contribution in [2.45, 2.75) is 19.4 Å².